The van der Waals surface area contributed by atoms with Crippen LogP contribution in [0.3, 0.4) is 0 Å². The van der Waals surface area contributed by atoms with Gasteiger partial charge in [0.05, 0.1) is 5.56 Å². The number of hydrogen-bond donors (Lipinski definition) is 2. The molecule has 3 nitrogen and oxygen atoms in total. The Balaban J connectivity index is 2.02. The van der Waals surface area contributed by atoms with Gasteiger partial charge in [0.1, 0.15) is 0 Å². The lowest BCUT2D eigenvalue weighted by atomic mass is 10.1. The molecule has 0 radical (unpaired) electrons. The molecule has 0 amide bonds. The summed E-state index contributed by atoms with van der Waals surface area (Å²) in [5, 5.41) is 12.2. The number of carboxylic acid groups (broad SMARTS) is 1. The summed E-state index contributed by atoms with van der Waals surface area (Å²) in [4.78, 5) is 11.0. The Morgan fingerprint density at radius 1 is 1.50 bits per heavy atom. The van der Waals surface area contributed by atoms with E-state index in [0.29, 0.717) is 16.9 Å². The molecule has 1 unspecified atom stereocenters. The second-order valence-corrected chi connectivity index (χ2v) is 5.12. The van der Waals surface area contributed by atoms with Crippen molar-refractivity contribution in [1.29, 1.82) is 0 Å². The van der Waals surface area contributed by atoms with Crippen molar-refractivity contribution in [2.24, 2.45) is 11.3 Å². The second kappa shape index (κ2) is 3.81. The monoisotopic (exact) mass is 219 g/mol. The Bertz CT molecular complexity index is 412. The number of carboxylic acids is 1. The molecule has 1 aliphatic carbocycles. The van der Waals surface area contributed by atoms with Gasteiger partial charge in [-0.3, -0.25) is 0 Å². The fourth-order valence-corrected chi connectivity index (χ4v) is 1.98. The molecule has 1 fully saturated rings. The molecule has 2 N–H and O–H groups in total. The molecule has 1 aromatic rings. The SMILES string of the molecule is CC1(C)CC1CNc1ccccc1C(=O)O. The average Bonchev–Trinajstić information content (AvgIpc) is 2.84. The molecule has 0 heterocycles. The number of para-hydroxylation sites is 1. The summed E-state index contributed by atoms with van der Waals surface area (Å²) in [6.45, 7) is 5.34. The van der Waals surface area contributed by atoms with Gasteiger partial charge in [-0.2, -0.15) is 0 Å². The zero-order valence-corrected chi connectivity index (χ0v) is 9.66. The van der Waals surface area contributed by atoms with Crippen LogP contribution in [0.25, 0.3) is 0 Å². The summed E-state index contributed by atoms with van der Waals surface area (Å²) < 4.78 is 0. The lowest BCUT2D eigenvalue weighted by molar-refractivity contribution is 0.0698. The molecule has 0 aliphatic heterocycles. The van der Waals surface area contributed by atoms with Gasteiger partial charge in [-0.25, -0.2) is 4.79 Å². The van der Waals surface area contributed by atoms with E-state index in [1.54, 1.807) is 12.1 Å². The van der Waals surface area contributed by atoms with Crippen molar-refractivity contribution in [2.45, 2.75) is 20.3 Å². The van der Waals surface area contributed by atoms with Crippen LogP contribution < -0.4 is 5.32 Å². The zero-order valence-electron chi connectivity index (χ0n) is 9.66. The van der Waals surface area contributed by atoms with Gasteiger partial charge >= 0.3 is 5.97 Å². The van der Waals surface area contributed by atoms with Crippen molar-refractivity contribution < 1.29 is 9.90 Å². The smallest absolute Gasteiger partial charge is 0.337 e. The van der Waals surface area contributed by atoms with Gasteiger partial charge in [-0.05, 0) is 29.9 Å². The van der Waals surface area contributed by atoms with Crippen LogP contribution in [0.5, 0.6) is 0 Å². The lowest BCUT2D eigenvalue weighted by Gasteiger charge is -2.10. The molecule has 0 saturated heterocycles. The Kier molecular flexibility index (Phi) is 2.62. The first-order chi connectivity index (χ1) is 7.50. The number of carbonyl (C=O) groups is 1. The Labute approximate surface area is 95.5 Å². The summed E-state index contributed by atoms with van der Waals surface area (Å²) in [6.07, 6.45) is 1.22. The minimum atomic E-state index is -0.877. The van der Waals surface area contributed by atoms with E-state index in [2.05, 4.69) is 19.2 Å². The number of anilines is 1. The largest absolute Gasteiger partial charge is 0.478 e. The fraction of sp³-hybridized carbons (Fsp3) is 0.462. The third-order valence-electron chi connectivity index (χ3n) is 3.41. The molecule has 1 aromatic carbocycles. The van der Waals surface area contributed by atoms with Crippen LogP contribution in [0, 0.1) is 11.3 Å². The molecular weight excluding hydrogens is 202 g/mol. The Morgan fingerprint density at radius 2 is 2.12 bits per heavy atom. The Morgan fingerprint density at radius 3 is 2.69 bits per heavy atom. The number of nitrogens with one attached hydrogen (secondary N) is 1. The van der Waals surface area contributed by atoms with Crippen LogP contribution in [0.1, 0.15) is 30.6 Å². The second-order valence-electron chi connectivity index (χ2n) is 5.12. The van der Waals surface area contributed by atoms with Gasteiger partial charge in [0.15, 0.2) is 0 Å². The van der Waals surface area contributed by atoms with Crippen LogP contribution in [0.2, 0.25) is 0 Å². The highest BCUT2D eigenvalue weighted by molar-refractivity contribution is 5.94. The average molecular weight is 219 g/mol. The summed E-state index contributed by atoms with van der Waals surface area (Å²) in [5.74, 6) is -0.215. The first kappa shape index (κ1) is 11.0. The topological polar surface area (TPSA) is 49.3 Å². The van der Waals surface area contributed by atoms with Crippen LogP contribution in [0.15, 0.2) is 24.3 Å². The van der Waals surface area contributed by atoms with Crippen LogP contribution >= 0.6 is 0 Å². The van der Waals surface area contributed by atoms with Gasteiger partial charge in [-0.1, -0.05) is 26.0 Å². The van der Waals surface area contributed by atoms with Crippen LogP contribution in [-0.4, -0.2) is 17.6 Å². The van der Waals surface area contributed by atoms with E-state index >= 15 is 0 Å². The maximum atomic E-state index is 11.0. The summed E-state index contributed by atoms with van der Waals surface area (Å²) >= 11 is 0. The van der Waals surface area contributed by atoms with E-state index in [0.717, 1.165) is 12.2 Å². The normalized spacial score (nSPS) is 21.5. The zero-order chi connectivity index (χ0) is 11.8. The quantitative estimate of drug-likeness (QED) is 0.818. The third-order valence-corrected chi connectivity index (χ3v) is 3.41. The number of benzene rings is 1. The highest BCUT2D eigenvalue weighted by Crippen LogP contribution is 2.51. The Hall–Kier alpha value is -1.51. The van der Waals surface area contributed by atoms with Gasteiger partial charge in [0.2, 0.25) is 0 Å². The molecule has 0 bridgehead atoms. The molecule has 16 heavy (non-hydrogen) atoms. The highest BCUT2D eigenvalue weighted by atomic mass is 16.4. The minimum Gasteiger partial charge on any atom is -0.478 e. The van der Waals surface area contributed by atoms with Gasteiger partial charge in [-0.15, -0.1) is 0 Å². The van der Waals surface area contributed by atoms with E-state index in [9.17, 15) is 4.79 Å². The van der Waals surface area contributed by atoms with Crippen molar-refractivity contribution in [3.8, 4) is 0 Å². The summed E-state index contributed by atoms with van der Waals surface area (Å²) in [7, 11) is 0. The molecule has 2 rings (SSSR count). The molecule has 0 aromatic heterocycles. The van der Waals surface area contributed by atoms with Crippen molar-refractivity contribution in [3.05, 3.63) is 29.8 Å². The standard InChI is InChI=1S/C13H17NO2/c1-13(2)7-9(13)8-14-11-6-4-3-5-10(11)12(15)16/h3-6,9,14H,7-8H2,1-2H3,(H,15,16). The lowest BCUT2D eigenvalue weighted by Crippen LogP contribution is -2.10. The number of aromatic carboxylic acids is 1. The fourth-order valence-electron chi connectivity index (χ4n) is 1.98. The van der Waals surface area contributed by atoms with Gasteiger partial charge < -0.3 is 10.4 Å². The highest BCUT2D eigenvalue weighted by Gasteiger charge is 2.44. The molecule has 1 atom stereocenters. The predicted molar refractivity (Wildman–Crippen MR) is 63.8 cm³/mol. The van der Waals surface area contributed by atoms with E-state index in [-0.39, 0.29) is 0 Å². The predicted octanol–water partition coefficient (Wildman–Crippen LogP) is 2.84. The first-order valence-corrected chi connectivity index (χ1v) is 5.57. The van der Waals surface area contributed by atoms with Crippen molar-refractivity contribution in [2.75, 3.05) is 11.9 Å². The van der Waals surface area contributed by atoms with Crippen molar-refractivity contribution in [3.63, 3.8) is 0 Å². The molecule has 1 aliphatic rings. The number of rotatable bonds is 4. The van der Waals surface area contributed by atoms with E-state index in [1.807, 2.05) is 12.1 Å². The molecule has 86 valence electrons. The first-order valence-electron chi connectivity index (χ1n) is 5.57. The van der Waals surface area contributed by atoms with E-state index < -0.39 is 5.97 Å². The van der Waals surface area contributed by atoms with E-state index in [1.165, 1.54) is 6.42 Å². The third kappa shape index (κ3) is 2.18. The molecule has 1 saturated carbocycles. The maximum Gasteiger partial charge on any atom is 0.337 e. The summed E-state index contributed by atoms with van der Waals surface area (Å²) in [6, 6.07) is 7.05. The van der Waals surface area contributed by atoms with Gasteiger partial charge in [0.25, 0.3) is 0 Å². The van der Waals surface area contributed by atoms with Crippen LogP contribution in [-0.2, 0) is 0 Å². The molecule has 0 spiro atoms. The minimum absolute atomic E-state index is 0.348. The summed E-state index contributed by atoms with van der Waals surface area (Å²) in [5.41, 5.74) is 1.49. The van der Waals surface area contributed by atoms with Crippen LogP contribution in [0.4, 0.5) is 5.69 Å². The maximum absolute atomic E-state index is 11.0. The van der Waals surface area contributed by atoms with E-state index in [4.69, 9.17) is 5.11 Å². The van der Waals surface area contributed by atoms with Gasteiger partial charge in [0, 0.05) is 12.2 Å². The number of hydrogen-bond acceptors (Lipinski definition) is 2. The van der Waals surface area contributed by atoms with Crippen molar-refractivity contribution in [1.82, 2.24) is 0 Å². The molecule has 3 heteroatoms. The van der Waals surface area contributed by atoms with Crippen molar-refractivity contribution >= 4 is 11.7 Å². The molecular formula is C13H17NO2.